The fourth-order valence-electron chi connectivity index (χ4n) is 7.33. The maximum absolute atomic E-state index is 11.0. The number of aliphatic hydroxyl groups is 7. The van der Waals surface area contributed by atoms with Crippen molar-refractivity contribution in [2.75, 3.05) is 6.61 Å². The highest BCUT2D eigenvalue weighted by Gasteiger charge is 2.29. The highest BCUT2D eigenvalue weighted by molar-refractivity contribution is 5.03. The molecule has 0 saturated carbocycles. The predicted octanol–water partition coefficient (Wildman–Crippen LogP) is 9.93. The molecule has 7 heteroatoms. The van der Waals surface area contributed by atoms with Crippen LogP contribution in [0.5, 0.6) is 0 Å². The molecule has 0 radical (unpaired) electrons. The zero-order valence-electron chi connectivity index (χ0n) is 35.6. The van der Waals surface area contributed by atoms with Crippen LogP contribution in [0, 0.1) is 0 Å². The molecule has 0 aliphatic carbocycles. The third-order valence-electron chi connectivity index (χ3n) is 11.1. The van der Waals surface area contributed by atoms with Crippen LogP contribution in [0.3, 0.4) is 0 Å². The van der Waals surface area contributed by atoms with E-state index in [9.17, 15) is 30.6 Å². The van der Waals surface area contributed by atoms with Gasteiger partial charge in [0.25, 0.3) is 0 Å². The molecule has 0 spiro atoms. The van der Waals surface area contributed by atoms with Crippen molar-refractivity contribution in [3.05, 3.63) is 34.9 Å². The van der Waals surface area contributed by atoms with Crippen molar-refractivity contribution in [3.8, 4) is 0 Å². The van der Waals surface area contributed by atoms with Gasteiger partial charge in [-0.15, -0.1) is 0 Å². The third-order valence-corrected chi connectivity index (χ3v) is 11.1. The van der Waals surface area contributed by atoms with Gasteiger partial charge in [-0.25, -0.2) is 0 Å². The molecule has 0 fully saturated rings. The lowest BCUT2D eigenvalue weighted by molar-refractivity contribution is -0.00728. The van der Waals surface area contributed by atoms with Crippen LogP contribution in [0.15, 0.2) is 34.9 Å². The summed E-state index contributed by atoms with van der Waals surface area (Å²) >= 11 is 0. The minimum atomic E-state index is -0.867. The van der Waals surface area contributed by atoms with E-state index in [0.29, 0.717) is 83.5 Å². The van der Waals surface area contributed by atoms with Crippen molar-refractivity contribution in [2.24, 2.45) is 0 Å². The molecule has 0 aliphatic rings. The van der Waals surface area contributed by atoms with Crippen molar-refractivity contribution in [3.63, 3.8) is 0 Å². The van der Waals surface area contributed by atoms with Gasteiger partial charge in [-0.1, -0.05) is 34.9 Å². The molecule has 7 N–H and O–H groups in total. The Morgan fingerprint density at radius 2 is 0.654 bits per heavy atom. The maximum atomic E-state index is 11.0. The summed E-state index contributed by atoms with van der Waals surface area (Å²) in [6.45, 7) is 19.6. The molecule has 0 bridgehead atoms. The van der Waals surface area contributed by atoms with Crippen molar-refractivity contribution < 1.29 is 35.7 Å². The molecule has 0 heterocycles. The molecular formula is C45H86O7. The van der Waals surface area contributed by atoms with Crippen LogP contribution in [0.4, 0.5) is 0 Å². The van der Waals surface area contributed by atoms with Gasteiger partial charge >= 0.3 is 0 Å². The molecule has 0 saturated heterocycles. The zero-order chi connectivity index (χ0) is 40.1. The Morgan fingerprint density at radius 1 is 0.365 bits per heavy atom. The Balaban J connectivity index is 4.36. The lowest BCUT2D eigenvalue weighted by atomic mass is 9.83. The summed E-state index contributed by atoms with van der Waals surface area (Å²) in [5.74, 6) is 0. The Labute approximate surface area is 320 Å². The van der Waals surface area contributed by atoms with E-state index in [1.165, 1.54) is 16.7 Å². The minimum Gasteiger partial charge on any atom is -0.392 e. The first-order valence-electron chi connectivity index (χ1n) is 20.7. The summed E-state index contributed by atoms with van der Waals surface area (Å²) in [5.41, 5.74) is -1.10. The Hall–Kier alpha value is -1.06. The first-order valence-corrected chi connectivity index (χ1v) is 20.7. The van der Waals surface area contributed by atoms with Gasteiger partial charge in [-0.05, 0) is 210 Å². The zero-order valence-corrected chi connectivity index (χ0v) is 35.6. The molecule has 0 aromatic heterocycles. The summed E-state index contributed by atoms with van der Waals surface area (Å²) < 4.78 is 0. The summed E-state index contributed by atoms with van der Waals surface area (Å²) in [4.78, 5) is 0. The van der Waals surface area contributed by atoms with Gasteiger partial charge in [0.15, 0.2) is 0 Å². The number of aliphatic hydroxyl groups excluding tert-OH is 1. The van der Waals surface area contributed by atoms with Crippen LogP contribution >= 0.6 is 0 Å². The highest BCUT2D eigenvalue weighted by atomic mass is 16.3. The first-order chi connectivity index (χ1) is 23.8. The molecule has 0 aliphatic heterocycles. The topological polar surface area (TPSA) is 142 Å². The fraction of sp³-hybridized carbons (Fsp3) is 0.867. The predicted molar refractivity (Wildman–Crippen MR) is 219 cm³/mol. The van der Waals surface area contributed by atoms with Gasteiger partial charge in [0.2, 0.25) is 0 Å². The van der Waals surface area contributed by atoms with Gasteiger partial charge in [0.05, 0.1) is 40.2 Å². The molecule has 308 valence electrons. The average molecular weight is 739 g/mol. The first kappa shape index (κ1) is 50.9. The van der Waals surface area contributed by atoms with E-state index in [0.717, 1.165) is 57.8 Å². The van der Waals surface area contributed by atoms with E-state index in [4.69, 9.17) is 5.11 Å². The average Bonchev–Trinajstić information content (AvgIpc) is 2.95. The third kappa shape index (κ3) is 29.3. The summed E-state index contributed by atoms with van der Waals surface area (Å²) in [5, 5.41) is 74.5. The van der Waals surface area contributed by atoms with Gasteiger partial charge in [-0.2, -0.15) is 0 Å². The molecule has 52 heavy (non-hydrogen) atoms. The van der Waals surface area contributed by atoms with E-state index in [2.05, 4.69) is 32.9 Å². The summed E-state index contributed by atoms with van der Waals surface area (Å²) in [7, 11) is 0. The SMILES string of the molecule is CC(C)=CCCC(C)(O)CCCC(C)(O)CCCC(C)(O)CCCC(C)(O)CCCC(C)(O)CCCC(C)(O)CCC/C(C)=C/CC/C(C)=C/CO. The Bertz CT molecular complexity index is 1040. The van der Waals surface area contributed by atoms with Crippen molar-refractivity contribution in [1.29, 1.82) is 0 Å². The van der Waals surface area contributed by atoms with E-state index in [1.807, 2.05) is 54.5 Å². The van der Waals surface area contributed by atoms with E-state index in [-0.39, 0.29) is 6.61 Å². The second-order valence-electron chi connectivity index (χ2n) is 18.7. The molecular weight excluding hydrogens is 652 g/mol. The molecule has 7 nitrogen and oxygen atoms in total. The quantitative estimate of drug-likeness (QED) is 0.0351. The van der Waals surface area contributed by atoms with E-state index >= 15 is 0 Å². The number of hydrogen-bond donors (Lipinski definition) is 7. The highest BCUT2D eigenvalue weighted by Crippen LogP contribution is 2.32. The smallest absolute Gasteiger partial charge is 0.0622 e. The molecule has 6 unspecified atom stereocenters. The standard InChI is InChI=1S/C45H86O7/c1-37(2)19-12-24-40(5,47)26-14-28-42(7,49)30-16-32-44(9,51)34-18-35-45(10,52)33-17-31-43(8,50)29-15-27-41(6,48)25-13-22-38(3)20-11-21-39(4)23-36-46/h19-20,23,46-52H,11-18,21-22,24-36H2,1-10H3/b38-20+,39-23+. The lowest BCUT2D eigenvalue weighted by Crippen LogP contribution is -2.31. The summed E-state index contributed by atoms with van der Waals surface area (Å²) in [6.07, 6.45) is 22.0. The van der Waals surface area contributed by atoms with Crippen molar-refractivity contribution >= 4 is 0 Å². The van der Waals surface area contributed by atoms with E-state index < -0.39 is 33.6 Å². The number of allylic oxidation sites excluding steroid dienone is 5. The van der Waals surface area contributed by atoms with Crippen molar-refractivity contribution in [1.82, 2.24) is 0 Å². The molecule has 0 aromatic rings. The fourth-order valence-corrected chi connectivity index (χ4v) is 7.33. The van der Waals surface area contributed by atoms with Crippen LogP contribution in [-0.4, -0.2) is 76.0 Å². The molecule has 0 amide bonds. The van der Waals surface area contributed by atoms with Gasteiger partial charge < -0.3 is 35.7 Å². The van der Waals surface area contributed by atoms with Crippen LogP contribution in [0.1, 0.15) is 210 Å². The number of hydrogen-bond acceptors (Lipinski definition) is 7. The largest absolute Gasteiger partial charge is 0.392 e. The van der Waals surface area contributed by atoms with Gasteiger partial charge in [0.1, 0.15) is 0 Å². The van der Waals surface area contributed by atoms with Crippen LogP contribution < -0.4 is 0 Å². The van der Waals surface area contributed by atoms with Crippen LogP contribution in [0.2, 0.25) is 0 Å². The second kappa shape index (κ2) is 24.5. The van der Waals surface area contributed by atoms with E-state index in [1.54, 1.807) is 0 Å². The molecule has 0 aromatic carbocycles. The monoisotopic (exact) mass is 739 g/mol. The maximum Gasteiger partial charge on any atom is 0.0622 e. The van der Waals surface area contributed by atoms with Crippen LogP contribution in [-0.2, 0) is 0 Å². The van der Waals surface area contributed by atoms with Crippen molar-refractivity contribution in [2.45, 2.75) is 244 Å². The van der Waals surface area contributed by atoms with Gasteiger partial charge in [-0.3, -0.25) is 0 Å². The van der Waals surface area contributed by atoms with Gasteiger partial charge in [0, 0.05) is 0 Å². The normalized spacial score (nSPS) is 19.9. The minimum absolute atomic E-state index is 0.0920. The number of rotatable bonds is 31. The van der Waals surface area contributed by atoms with Crippen LogP contribution in [0.25, 0.3) is 0 Å². The Kier molecular flexibility index (Phi) is 24.0. The second-order valence-corrected chi connectivity index (χ2v) is 18.7. The summed E-state index contributed by atoms with van der Waals surface area (Å²) in [6, 6.07) is 0. The lowest BCUT2D eigenvalue weighted by Gasteiger charge is -2.30. The molecule has 6 atom stereocenters. The molecule has 0 rings (SSSR count). The Morgan fingerprint density at radius 3 is 0.962 bits per heavy atom.